The molecule has 1 saturated heterocycles. The number of aromatic nitrogens is 1. The molecule has 0 spiro atoms. The number of H-pyrrole nitrogens is 1. The van der Waals surface area contributed by atoms with Gasteiger partial charge in [0.15, 0.2) is 0 Å². The van der Waals surface area contributed by atoms with E-state index < -0.39 is 12.0 Å². The molecule has 0 aliphatic carbocycles. The van der Waals surface area contributed by atoms with Gasteiger partial charge in [0, 0.05) is 55.4 Å². The van der Waals surface area contributed by atoms with Gasteiger partial charge in [0.2, 0.25) is 0 Å². The summed E-state index contributed by atoms with van der Waals surface area (Å²) < 4.78 is 13.5. The highest BCUT2D eigenvalue weighted by Crippen LogP contribution is 2.30. The van der Waals surface area contributed by atoms with E-state index in [4.69, 9.17) is 0 Å². The summed E-state index contributed by atoms with van der Waals surface area (Å²) in [6.45, 7) is 3.79. The second-order valence-corrected chi connectivity index (χ2v) is 7.32. The van der Waals surface area contributed by atoms with Crippen LogP contribution in [0.25, 0.3) is 17.0 Å². The van der Waals surface area contributed by atoms with Crippen molar-refractivity contribution in [2.75, 3.05) is 32.7 Å². The predicted molar refractivity (Wildman–Crippen MR) is 112 cm³/mol. The number of halogens is 1. The molecule has 5 nitrogen and oxygen atoms in total. The monoisotopic (exact) mass is 393 g/mol. The van der Waals surface area contributed by atoms with Gasteiger partial charge in [0.25, 0.3) is 0 Å². The van der Waals surface area contributed by atoms with Gasteiger partial charge in [-0.05, 0) is 23.8 Å². The summed E-state index contributed by atoms with van der Waals surface area (Å²) in [6, 6.07) is 13.8. The van der Waals surface area contributed by atoms with E-state index in [0.29, 0.717) is 24.2 Å². The quantitative estimate of drug-likeness (QED) is 0.669. The maximum atomic E-state index is 13.5. The second kappa shape index (κ2) is 8.59. The minimum absolute atomic E-state index is 0.338. The molecule has 2 heterocycles. The van der Waals surface area contributed by atoms with Gasteiger partial charge >= 0.3 is 5.97 Å². The van der Waals surface area contributed by atoms with Crippen LogP contribution in [0.15, 0.2) is 60.8 Å². The standard InChI is InChI=1S/C23H24FN3O2/c24-18-8-9-19-20(16-25-21(19)15-18)22(23(28)29)27-13-11-26(12-14-27)10-4-7-17-5-2-1-3-6-17/h1-9,15-16,22,25H,10-14H2,(H,28,29)/b7-4+. The largest absolute Gasteiger partial charge is 0.480 e. The highest BCUT2D eigenvalue weighted by Gasteiger charge is 2.31. The first-order chi connectivity index (χ1) is 14.1. The number of aliphatic carboxylic acids is 1. The zero-order chi connectivity index (χ0) is 20.2. The first-order valence-electron chi connectivity index (χ1n) is 9.79. The van der Waals surface area contributed by atoms with E-state index in [1.807, 2.05) is 23.1 Å². The van der Waals surface area contributed by atoms with E-state index in [-0.39, 0.29) is 5.82 Å². The summed E-state index contributed by atoms with van der Waals surface area (Å²) in [5.41, 5.74) is 2.48. The molecular formula is C23H24FN3O2. The number of hydrogen-bond donors (Lipinski definition) is 2. The number of piperazine rings is 1. The third-order valence-corrected chi connectivity index (χ3v) is 5.45. The number of carboxylic acid groups (broad SMARTS) is 1. The van der Waals surface area contributed by atoms with Gasteiger partial charge in [-0.15, -0.1) is 0 Å². The lowest BCUT2D eigenvalue weighted by molar-refractivity contribution is -0.144. The minimum atomic E-state index is -0.882. The van der Waals surface area contributed by atoms with Crippen molar-refractivity contribution in [3.63, 3.8) is 0 Å². The Balaban J connectivity index is 1.41. The van der Waals surface area contributed by atoms with E-state index in [2.05, 4.69) is 34.2 Å². The average Bonchev–Trinajstić information content (AvgIpc) is 3.12. The molecule has 150 valence electrons. The molecule has 0 bridgehead atoms. The highest BCUT2D eigenvalue weighted by atomic mass is 19.1. The molecule has 29 heavy (non-hydrogen) atoms. The van der Waals surface area contributed by atoms with Crippen molar-refractivity contribution < 1.29 is 14.3 Å². The van der Waals surface area contributed by atoms with Crippen molar-refractivity contribution in [2.45, 2.75) is 6.04 Å². The molecule has 3 aromatic rings. The molecule has 1 atom stereocenters. The number of aromatic amines is 1. The molecule has 1 aromatic heterocycles. The SMILES string of the molecule is O=C(O)C(c1c[nH]c2cc(F)ccc12)N1CCN(C/C=C/c2ccccc2)CC1. The topological polar surface area (TPSA) is 59.6 Å². The van der Waals surface area contributed by atoms with Crippen molar-refractivity contribution in [1.82, 2.24) is 14.8 Å². The smallest absolute Gasteiger partial charge is 0.325 e. The van der Waals surface area contributed by atoms with Crippen LogP contribution in [0.2, 0.25) is 0 Å². The van der Waals surface area contributed by atoms with E-state index in [1.54, 1.807) is 12.3 Å². The number of rotatable bonds is 6. The Labute approximate surface area is 169 Å². The molecule has 1 fully saturated rings. The van der Waals surface area contributed by atoms with E-state index in [9.17, 15) is 14.3 Å². The Bertz CT molecular complexity index is 1010. The molecule has 2 aromatic carbocycles. The number of fused-ring (bicyclic) bond motifs is 1. The Hall–Kier alpha value is -2.96. The molecule has 0 radical (unpaired) electrons. The van der Waals surface area contributed by atoms with Crippen LogP contribution in [0.5, 0.6) is 0 Å². The number of nitrogens with zero attached hydrogens (tertiary/aromatic N) is 2. The molecule has 2 N–H and O–H groups in total. The third kappa shape index (κ3) is 4.39. The molecule has 6 heteroatoms. The molecule has 0 saturated carbocycles. The van der Waals surface area contributed by atoms with Gasteiger partial charge in [0.1, 0.15) is 11.9 Å². The molecule has 1 aliphatic heterocycles. The van der Waals surface area contributed by atoms with Gasteiger partial charge < -0.3 is 10.1 Å². The minimum Gasteiger partial charge on any atom is -0.480 e. The summed E-state index contributed by atoms with van der Waals surface area (Å²) in [7, 11) is 0. The van der Waals surface area contributed by atoms with Gasteiger partial charge in [-0.1, -0.05) is 42.5 Å². The van der Waals surface area contributed by atoms with E-state index in [0.717, 1.165) is 25.0 Å². The number of nitrogens with one attached hydrogen (secondary N) is 1. The zero-order valence-corrected chi connectivity index (χ0v) is 16.1. The van der Waals surface area contributed by atoms with Crippen molar-refractivity contribution in [2.24, 2.45) is 0 Å². The molecule has 1 unspecified atom stereocenters. The Kier molecular flexibility index (Phi) is 5.74. The predicted octanol–water partition coefficient (Wildman–Crippen LogP) is 3.76. The fourth-order valence-electron chi connectivity index (χ4n) is 3.94. The van der Waals surface area contributed by atoms with Crippen LogP contribution in [-0.4, -0.2) is 58.6 Å². The first kappa shape index (κ1) is 19.4. The van der Waals surface area contributed by atoms with Gasteiger partial charge in [0.05, 0.1) is 0 Å². The summed E-state index contributed by atoms with van der Waals surface area (Å²) in [5, 5.41) is 10.6. The highest BCUT2D eigenvalue weighted by molar-refractivity contribution is 5.89. The van der Waals surface area contributed by atoms with Crippen LogP contribution in [0.4, 0.5) is 4.39 Å². The number of carboxylic acids is 1. The number of benzene rings is 2. The average molecular weight is 393 g/mol. The summed E-state index contributed by atoms with van der Waals surface area (Å²) >= 11 is 0. The first-order valence-corrected chi connectivity index (χ1v) is 9.79. The van der Waals surface area contributed by atoms with Crippen LogP contribution in [0.1, 0.15) is 17.2 Å². The summed E-state index contributed by atoms with van der Waals surface area (Å²) in [6.07, 6.45) is 5.95. The Morgan fingerprint density at radius 1 is 1.14 bits per heavy atom. The maximum Gasteiger partial charge on any atom is 0.325 e. The van der Waals surface area contributed by atoms with Gasteiger partial charge in [-0.25, -0.2) is 4.39 Å². The second-order valence-electron chi connectivity index (χ2n) is 7.32. The zero-order valence-electron chi connectivity index (χ0n) is 16.1. The van der Waals surface area contributed by atoms with Crippen molar-refractivity contribution in [1.29, 1.82) is 0 Å². The van der Waals surface area contributed by atoms with Crippen molar-refractivity contribution >= 4 is 22.9 Å². The van der Waals surface area contributed by atoms with Gasteiger partial charge in [-0.2, -0.15) is 0 Å². The maximum absolute atomic E-state index is 13.5. The Morgan fingerprint density at radius 3 is 2.62 bits per heavy atom. The lowest BCUT2D eigenvalue weighted by Crippen LogP contribution is -2.49. The molecule has 4 rings (SSSR count). The summed E-state index contributed by atoms with van der Waals surface area (Å²) in [4.78, 5) is 19.4. The van der Waals surface area contributed by atoms with Crippen LogP contribution in [-0.2, 0) is 4.79 Å². The van der Waals surface area contributed by atoms with Crippen molar-refractivity contribution in [3.8, 4) is 0 Å². The number of carbonyl (C=O) groups is 1. The lowest BCUT2D eigenvalue weighted by Gasteiger charge is -2.37. The van der Waals surface area contributed by atoms with Gasteiger partial charge in [-0.3, -0.25) is 14.6 Å². The Morgan fingerprint density at radius 2 is 1.90 bits per heavy atom. The molecule has 1 aliphatic rings. The molecular weight excluding hydrogens is 369 g/mol. The van der Waals surface area contributed by atoms with Crippen LogP contribution < -0.4 is 0 Å². The van der Waals surface area contributed by atoms with E-state index >= 15 is 0 Å². The summed E-state index contributed by atoms with van der Waals surface area (Å²) in [5.74, 6) is -1.22. The van der Waals surface area contributed by atoms with Crippen LogP contribution in [0, 0.1) is 5.82 Å². The molecule has 0 amide bonds. The third-order valence-electron chi connectivity index (χ3n) is 5.45. The number of hydrogen-bond acceptors (Lipinski definition) is 3. The van der Waals surface area contributed by atoms with Crippen LogP contribution >= 0.6 is 0 Å². The van der Waals surface area contributed by atoms with Crippen molar-refractivity contribution in [3.05, 3.63) is 77.7 Å². The fraction of sp³-hybridized carbons (Fsp3) is 0.261. The lowest BCUT2D eigenvalue weighted by atomic mass is 10.0. The van der Waals surface area contributed by atoms with Crippen LogP contribution in [0.3, 0.4) is 0 Å². The fourth-order valence-corrected chi connectivity index (χ4v) is 3.94. The normalized spacial score (nSPS) is 17.1. The van der Waals surface area contributed by atoms with E-state index in [1.165, 1.54) is 17.7 Å².